The van der Waals surface area contributed by atoms with Gasteiger partial charge in [-0.15, -0.1) is 0 Å². The van der Waals surface area contributed by atoms with Gasteiger partial charge in [-0.05, 0) is 42.5 Å². The van der Waals surface area contributed by atoms with Crippen LogP contribution in [0.15, 0.2) is 42.5 Å². The molecule has 6 atom stereocenters. The first-order valence-electron chi connectivity index (χ1n) is 11.7. The number of imidazole rings is 1. The van der Waals surface area contributed by atoms with Gasteiger partial charge in [-0.3, -0.25) is 4.79 Å². The second kappa shape index (κ2) is 11.6. The molecule has 13 heteroatoms. The van der Waals surface area contributed by atoms with E-state index in [-0.39, 0.29) is 23.5 Å². The number of fused-ring (bicyclic) bond motifs is 1. The van der Waals surface area contributed by atoms with Crippen molar-refractivity contribution in [2.24, 2.45) is 12.8 Å². The molecule has 0 saturated carbocycles. The summed E-state index contributed by atoms with van der Waals surface area (Å²) in [5.41, 5.74) is 7.70. The van der Waals surface area contributed by atoms with Crippen molar-refractivity contribution in [2.45, 2.75) is 49.0 Å². The monoisotopic (exact) mass is 547 g/mol. The lowest BCUT2D eigenvalue weighted by atomic mass is 9.99. The maximum absolute atomic E-state index is 11.5. The molecule has 1 aliphatic rings. The van der Waals surface area contributed by atoms with Gasteiger partial charge in [-0.2, -0.15) is 11.8 Å². The quantitative estimate of drug-likeness (QED) is 0.233. The molecule has 204 valence electrons. The summed E-state index contributed by atoms with van der Waals surface area (Å²) in [6.07, 6.45) is -6.12. The van der Waals surface area contributed by atoms with Gasteiger partial charge in [-0.1, -0.05) is 12.1 Å². The number of aliphatic carboxylic acids is 1. The molecule has 6 N–H and O–H groups in total. The molecule has 1 amide bonds. The Balaban J connectivity index is 1.43. The number of carboxylic acids is 1. The Morgan fingerprint density at radius 1 is 1.11 bits per heavy atom. The fourth-order valence-corrected chi connectivity index (χ4v) is 4.68. The minimum Gasteiger partial charge on any atom is -0.486 e. The van der Waals surface area contributed by atoms with E-state index in [1.54, 1.807) is 29.8 Å². The molecule has 1 saturated heterocycles. The Kier molecular flexibility index (Phi) is 8.43. The average Bonchev–Trinajstić information content (AvgIpc) is 3.21. The van der Waals surface area contributed by atoms with Gasteiger partial charge in [-0.25, -0.2) is 9.78 Å². The zero-order chi connectivity index (χ0) is 27.6. The topological polar surface area (TPSA) is 187 Å². The molecule has 1 fully saturated rings. The number of carboxylic acid groups (broad SMARTS) is 1. The first-order valence-corrected chi connectivity index (χ1v) is 13.0. The number of nitrogens with zero attached hydrogens (tertiary/aromatic N) is 2. The minimum atomic E-state index is -1.80. The lowest BCUT2D eigenvalue weighted by Crippen LogP contribution is -2.61. The highest BCUT2D eigenvalue weighted by molar-refractivity contribution is 7.99. The molecule has 2 aromatic carbocycles. The van der Waals surface area contributed by atoms with E-state index in [9.17, 15) is 30.0 Å². The van der Waals surface area contributed by atoms with Crippen LogP contribution in [0.2, 0.25) is 0 Å². The van der Waals surface area contributed by atoms with Crippen LogP contribution < -0.4 is 15.2 Å². The highest BCUT2D eigenvalue weighted by Gasteiger charge is 2.48. The number of benzene rings is 2. The van der Waals surface area contributed by atoms with Gasteiger partial charge in [0, 0.05) is 13.1 Å². The first-order chi connectivity index (χ1) is 18.1. The van der Waals surface area contributed by atoms with Crippen molar-refractivity contribution in [3.8, 4) is 11.5 Å². The Bertz CT molecular complexity index is 1300. The predicted octanol–water partition coefficient (Wildman–Crippen LogP) is 0.183. The van der Waals surface area contributed by atoms with E-state index in [0.717, 1.165) is 5.56 Å². The van der Waals surface area contributed by atoms with Gasteiger partial charge in [0.25, 0.3) is 0 Å². The SMILES string of the molecule is CSC(Cc1ccc(OCc2nc3ccc(O[C@@H]4OC(C(=O)O)[C@H](O)[C@H](O)C4O)cc3n2C)cc1)C(N)=O. The second-order valence-corrected chi connectivity index (χ2v) is 9.89. The van der Waals surface area contributed by atoms with E-state index < -0.39 is 36.7 Å². The van der Waals surface area contributed by atoms with Crippen molar-refractivity contribution >= 4 is 34.7 Å². The lowest BCUT2D eigenvalue weighted by molar-refractivity contribution is -0.271. The van der Waals surface area contributed by atoms with E-state index >= 15 is 0 Å². The standard InChI is InChI=1S/C25H29N3O9S/c1-28-16-10-14(36-25-21(31)19(29)20(30)22(37-25)24(33)34)7-8-15(16)27-18(28)11-35-13-5-3-12(4-6-13)9-17(38-2)23(26)32/h3-8,10,17,19-22,25,29-31H,9,11H2,1-2H3,(H2,26,32)(H,33,34)/t17?,19-,20+,21?,22?,25+/m0/s1. The van der Waals surface area contributed by atoms with E-state index in [2.05, 4.69) is 4.98 Å². The molecule has 1 aliphatic heterocycles. The molecule has 38 heavy (non-hydrogen) atoms. The van der Waals surface area contributed by atoms with Crippen LogP contribution in [0.3, 0.4) is 0 Å². The molecule has 0 aliphatic carbocycles. The number of hydrogen-bond acceptors (Lipinski definition) is 10. The molecule has 12 nitrogen and oxygen atoms in total. The third kappa shape index (κ3) is 5.87. The zero-order valence-corrected chi connectivity index (χ0v) is 21.4. The molecule has 4 rings (SSSR count). The van der Waals surface area contributed by atoms with Crippen LogP contribution in [0.1, 0.15) is 11.4 Å². The van der Waals surface area contributed by atoms with Crippen LogP contribution in [0.5, 0.6) is 11.5 Å². The fraction of sp³-hybridized carbons (Fsp3) is 0.400. The highest BCUT2D eigenvalue weighted by atomic mass is 32.2. The molecule has 3 aromatic rings. The van der Waals surface area contributed by atoms with Gasteiger partial charge >= 0.3 is 5.97 Å². The average molecular weight is 548 g/mol. The molecule has 1 aromatic heterocycles. The zero-order valence-electron chi connectivity index (χ0n) is 20.6. The predicted molar refractivity (Wildman–Crippen MR) is 137 cm³/mol. The number of primary amides is 1. The number of amides is 1. The summed E-state index contributed by atoms with van der Waals surface area (Å²) in [6.45, 7) is 0.171. The van der Waals surface area contributed by atoms with Gasteiger partial charge in [0.15, 0.2) is 6.10 Å². The van der Waals surface area contributed by atoms with Crippen LogP contribution >= 0.6 is 11.8 Å². The molecular weight excluding hydrogens is 518 g/mol. The Morgan fingerprint density at radius 2 is 1.79 bits per heavy atom. The summed E-state index contributed by atoms with van der Waals surface area (Å²) in [5.74, 6) is -0.359. The number of hydrogen-bond donors (Lipinski definition) is 5. The van der Waals surface area contributed by atoms with Crippen LogP contribution in [0.25, 0.3) is 11.0 Å². The molecule has 0 radical (unpaired) electrons. The van der Waals surface area contributed by atoms with Gasteiger partial charge in [0.1, 0.15) is 42.2 Å². The van der Waals surface area contributed by atoms with Crippen molar-refractivity contribution in [1.82, 2.24) is 9.55 Å². The summed E-state index contributed by atoms with van der Waals surface area (Å²) in [6, 6.07) is 12.3. The van der Waals surface area contributed by atoms with Crippen molar-refractivity contribution in [2.75, 3.05) is 6.26 Å². The van der Waals surface area contributed by atoms with E-state index in [1.807, 2.05) is 30.5 Å². The first kappa shape index (κ1) is 27.7. The van der Waals surface area contributed by atoms with E-state index in [1.165, 1.54) is 11.8 Å². The number of carbonyl (C=O) groups excluding carboxylic acids is 1. The summed E-state index contributed by atoms with van der Waals surface area (Å²) >= 11 is 1.41. The maximum Gasteiger partial charge on any atom is 0.335 e. The minimum absolute atomic E-state index is 0.171. The van der Waals surface area contributed by atoms with Crippen LogP contribution in [0, 0.1) is 0 Å². The molecular formula is C25H29N3O9S. The number of aryl methyl sites for hydroxylation is 1. The number of aliphatic hydroxyl groups excluding tert-OH is 3. The van der Waals surface area contributed by atoms with Crippen molar-refractivity contribution < 1.29 is 44.2 Å². The highest BCUT2D eigenvalue weighted by Crippen LogP contribution is 2.27. The fourth-order valence-electron chi connectivity index (χ4n) is 4.09. The largest absolute Gasteiger partial charge is 0.486 e. The smallest absolute Gasteiger partial charge is 0.335 e. The summed E-state index contributed by atoms with van der Waals surface area (Å²) < 4.78 is 18.5. The second-order valence-electron chi connectivity index (χ2n) is 8.85. The van der Waals surface area contributed by atoms with E-state index in [0.29, 0.717) is 29.0 Å². The van der Waals surface area contributed by atoms with Crippen molar-refractivity contribution in [3.63, 3.8) is 0 Å². The van der Waals surface area contributed by atoms with E-state index in [4.69, 9.17) is 19.9 Å². The molecule has 0 bridgehead atoms. The summed E-state index contributed by atoms with van der Waals surface area (Å²) in [7, 11) is 1.79. The number of rotatable bonds is 10. The molecule has 0 spiro atoms. The third-order valence-corrected chi connectivity index (χ3v) is 7.29. The lowest BCUT2D eigenvalue weighted by Gasteiger charge is -2.38. The Labute approximate surface area is 221 Å². The van der Waals surface area contributed by atoms with Crippen LogP contribution in [-0.2, 0) is 34.4 Å². The number of aromatic nitrogens is 2. The molecule has 2 heterocycles. The van der Waals surface area contributed by atoms with Crippen molar-refractivity contribution in [1.29, 1.82) is 0 Å². The van der Waals surface area contributed by atoms with Gasteiger partial charge < -0.3 is 44.9 Å². The third-order valence-electron chi connectivity index (χ3n) is 6.32. The summed E-state index contributed by atoms with van der Waals surface area (Å²) in [5, 5.41) is 39.0. The Hall–Kier alpha value is -3.36. The number of ether oxygens (including phenoxy) is 3. The van der Waals surface area contributed by atoms with Crippen LogP contribution in [-0.4, -0.2) is 84.1 Å². The maximum atomic E-state index is 11.5. The Morgan fingerprint density at radius 3 is 2.42 bits per heavy atom. The van der Waals surface area contributed by atoms with Gasteiger partial charge in [0.2, 0.25) is 12.2 Å². The van der Waals surface area contributed by atoms with Crippen molar-refractivity contribution in [3.05, 3.63) is 53.9 Å². The summed E-state index contributed by atoms with van der Waals surface area (Å²) in [4.78, 5) is 27.4. The van der Waals surface area contributed by atoms with Crippen LogP contribution in [0.4, 0.5) is 0 Å². The van der Waals surface area contributed by atoms with Gasteiger partial charge in [0.05, 0.1) is 16.3 Å². The normalized spacial score (nSPS) is 24.2. The number of aliphatic hydroxyl groups is 3. The number of carbonyl (C=O) groups is 2. The molecule has 3 unspecified atom stereocenters. The number of nitrogens with two attached hydrogens (primary N) is 1. The number of thioether (sulfide) groups is 1.